The van der Waals surface area contributed by atoms with Crippen LogP contribution in [-0.2, 0) is 0 Å². The molecule has 0 amide bonds. The molecule has 4 nitrogen and oxygen atoms in total. The molecule has 2 rings (SSSR count). The minimum Gasteiger partial charge on any atom is -0.347 e. The number of nitrogens with zero attached hydrogens (tertiary/aromatic N) is 3. The van der Waals surface area contributed by atoms with Crippen molar-refractivity contribution in [3.05, 3.63) is 5.51 Å². The summed E-state index contributed by atoms with van der Waals surface area (Å²) in [5.74, 6) is 0. The van der Waals surface area contributed by atoms with Crippen LogP contribution in [0.25, 0.3) is 0 Å². The minimum absolute atomic E-state index is 0.335. The van der Waals surface area contributed by atoms with E-state index in [1.54, 1.807) is 16.8 Å². The van der Waals surface area contributed by atoms with Crippen molar-refractivity contribution in [1.82, 2.24) is 10.2 Å². The van der Waals surface area contributed by atoms with Crippen LogP contribution in [0.4, 0.5) is 5.13 Å². The highest BCUT2D eigenvalue weighted by Gasteiger charge is 2.29. The van der Waals surface area contributed by atoms with Crippen molar-refractivity contribution in [1.29, 1.82) is 0 Å². The first-order valence-corrected chi connectivity index (χ1v) is 5.83. The molecule has 0 bridgehead atoms. The molecule has 0 radical (unpaired) electrons. The maximum atomic E-state index is 5.76. The molecule has 0 aromatic carbocycles. The van der Waals surface area contributed by atoms with Gasteiger partial charge in [0.05, 0.1) is 0 Å². The lowest BCUT2D eigenvalue weighted by atomic mass is 9.81. The summed E-state index contributed by atoms with van der Waals surface area (Å²) in [7, 11) is 0. The van der Waals surface area contributed by atoms with Gasteiger partial charge >= 0.3 is 0 Å². The predicted octanol–water partition coefficient (Wildman–Crippen LogP) is 1.10. The van der Waals surface area contributed by atoms with Crippen molar-refractivity contribution in [3.8, 4) is 0 Å². The summed E-state index contributed by atoms with van der Waals surface area (Å²) in [6.45, 7) is 5.17. The van der Waals surface area contributed by atoms with Crippen molar-refractivity contribution < 1.29 is 0 Å². The molecule has 1 saturated heterocycles. The van der Waals surface area contributed by atoms with Crippen LogP contribution < -0.4 is 10.6 Å². The molecule has 2 heterocycles. The Hall–Kier alpha value is -0.680. The number of hydrogen-bond acceptors (Lipinski definition) is 5. The Bertz CT molecular complexity index is 277. The van der Waals surface area contributed by atoms with Gasteiger partial charge in [0.2, 0.25) is 5.13 Å². The van der Waals surface area contributed by atoms with Crippen LogP contribution in [0.15, 0.2) is 5.51 Å². The quantitative estimate of drug-likeness (QED) is 0.797. The number of rotatable bonds is 2. The van der Waals surface area contributed by atoms with E-state index in [0.29, 0.717) is 5.41 Å². The maximum Gasteiger partial charge on any atom is 0.208 e. The van der Waals surface area contributed by atoms with Gasteiger partial charge < -0.3 is 10.6 Å². The number of hydrogen-bond donors (Lipinski definition) is 1. The van der Waals surface area contributed by atoms with Gasteiger partial charge in [0.25, 0.3) is 0 Å². The van der Waals surface area contributed by atoms with Crippen molar-refractivity contribution in [3.63, 3.8) is 0 Å². The number of piperidine rings is 1. The largest absolute Gasteiger partial charge is 0.347 e. The highest BCUT2D eigenvalue weighted by atomic mass is 32.1. The third-order valence-corrected chi connectivity index (χ3v) is 3.83. The van der Waals surface area contributed by atoms with E-state index in [1.807, 2.05) is 0 Å². The molecule has 0 spiro atoms. The minimum atomic E-state index is 0.335. The fourth-order valence-corrected chi connectivity index (χ4v) is 2.36. The summed E-state index contributed by atoms with van der Waals surface area (Å²) in [6.07, 6.45) is 2.31. The van der Waals surface area contributed by atoms with Gasteiger partial charge in [-0.25, -0.2) is 0 Å². The van der Waals surface area contributed by atoms with Crippen molar-refractivity contribution in [2.24, 2.45) is 11.1 Å². The molecule has 0 saturated carbocycles. The monoisotopic (exact) mass is 212 g/mol. The van der Waals surface area contributed by atoms with E-state index in [4.69, 9.17) is 5.73 Å². The number of anilines is 1. The number of aromatic nitrogens is 2. The Morgan fingerprint density at radius 3 is 2.79 bits per heavy atom. The first kappa shape index (κ1) is 9.86. The van der Waals surface area contributed by atoms with Crippen LogP contribution in [-0.4, -0.2) is 29.8 Å². The van der Waals surface area contributed by atoms with Gasteiger partial charge in [-0.2, -0.15) is 0 Å². The Balaban J connectivity index is 1.97. The molecule has 1 aliphatic rings. The van der Waals surface area contributed by atoms with Crippen LogP contribution in [0.2, 0.25) is 0 Å². The van der Waals surface area contributed by atoms with Gasteiger partial charge in [0.1, 0.15) is 5.51 Å². The summed E-state index contributed by atoms with van der Waals surface area (Å²) < 4.78 is 0. The lowest BCUT2D eigenvalue weighted by molar-refractivity contribution is 0.258. The van der Waals surface area contributed by atoms with Crippen molar-refractivity contribution in [2.75, 3.05) is 24.5 Å². The molecular formula is C9H16N4S. The molecule has 2 N–H and O–H groups in total. The summed E-state index contributed by atoms with van der Waals surface area (Å²) >= 11 is 1.61. The van der Waals surface area contributed by atoms with E-state index in [2.05, 4.69) is 22.0 Å². The molecule has 1 aromatic rings. The molecule has 5 heteroatoms. The highest BCUT2D eigenvalue weighted by Crippen LogP contribution is 2.31. The predicted molar refractivity (Wildman–Crippen MR) is 58.5 cm³/mol. The Labute approximate surface area is 88.1 Å². The molecule has 1 aliphatic heterocycles. The van der Waals surface area contributed by atoms with Gasteiger partial charge in [-0.1, -0.05) is 18.3 Å². The highest BCUT2D eigenvalue weighted by molar-refractivity contribution is 7.13. The van der Waals surface area contributed by atoms with Crippen LogP contribution in [0.1, 0.15) is 19.8 Å². The zero-order chi connectivity index (χ0) is 10.0. The molecule has 1 aromatic heterocycles. The van der Waals surface area contributed by atoms with E-state index in [9.17, 15) is 0 Å². The molecule has 14 heavy (non-hydrogen) atoms. The Morgan fingerprint density at radius 1 is 1.57 bits per heavy atom. The topological polar surface area (TPSA) is 55.0 Å². The van der Waals surface area contributed by atoms with E-state index in [-0.39, 0.29) is 0 Å². The smallest absolute Gasteiger partial charge is 0.208 e. The lowest BCUT2D eigenvalue weighted by Gasteiger charge is -2.38. The van der Waals surface area contributed by atoms with E-state index < -0.39 is 0 Å². The lowest BCUT2D eigenvalue weighted by Crippen LogP contribution is -2.42. The van der Waals surface area contributed by atoms with Crippen LogP contribution in [0.5, 0.6) is 0 Å². The van der Waals surface area contributed by atoms with Gasteiger partial charge in [-0.15, -0.1) is 10.2 Å². The zero-order valence-electron chi connectivity index (χ0n) is 8.44. The molecule has 0 atom stereocenters. The zero-order valence-corrected chi connectivity index (χ0v) is 9.26. The molecule has 78 valence electrons. The first-order valence-electron chi connectivity index (χ1n) is 4.95. The first-order chi connectivity index (χ1) is 6.73. The van der Waals surface area contributed by atoms with Crippen LogP contribution in [0.3, 0.4) is 0 Å². The average molecular weight is 212 g/mol. The molecular weight excluding hydrogens is 196 g/mol. The fraction of sp³-hybridized carbons (Fsp3) is 0.778. The standard InChI is InChI=1S/C9H16N4S/c1-9(6-10)2-4-13(5-3-9)8-12-11-7-14-8/h7H,2-6,10H2,1H3. The SMILES string of the molecule is CC1(CN)CCN(c2nncs2)CC1. The van der Waals surface area contributed by atoms with Crippen LogP contribution in [0, 0.1) is 5.41 Å². The maximum absolute atomic E-state index is 5.76. The van der Waals surface area contributed by atoms with Gasteiger partial charge in [0.15, 0.2) is 0 Å². The van der Waals surface area contributed by atoms with Gasteiger partial charge in [-0.3, -0.25) is 0 Å². The second-order valence-corrected chi connectivity index (χ2v) is 5.03. The Morgan fingerprint density at radius 2 is 2.29 bits per heavy atom. The second-order valence-electron chi connectivity index (χ2n) is 4.22. The average Bonchev–Trinajstić information content (AvgIpc) is 2.72. The van der Waals surface area contributed by atoms with E-state index in [0.717, 1.165) is 37.6 Å². The summed E-state index contributed by atoms with van der Waals surface area (Å²) in [5.41, 5.74) is 7.88. The van der Waals surface area contributed by atoms with Gasteiger partial charge in [0, 0.05) is 13.1 Å². The van der Waals surface area contributed by atoms with Crippen molar-refractivity contribution >= 4 is 16.5 Å². The number of nitrogens with two attached hydrogens (primary N) is 1. The molecule has 0 unspecified atom stereocenters. The van der Waals surface area contributed by atoms with E-state index in [1.165, 1.54) is 0 Å². The second kappa shape index (κ2) is 3.82. The molecule has 0 aliphatic carbocycles. The third kappa shape index (κ3) is 1.88. The summed E-state index contributed by atoms with van der Waals surface area (Å²) in [4.78, 5) is 2.30. The van der Waals surface area contributed by atoms with E-state index >= 15 is 0 Å². The summed E-state index contributed by atoms with van der Waals surface area (Å²) in [6, 6.07) is 0. The van der Waals surface area contributed by atoms with Crippen molar-refractivity contribution in [2.45, 2.75) is 19.8 Å². The third-order valence-electron chi connectivity index (χ3n) is 3.08. The van der Waals surface area contributed by atoms with Gasteiger partial charge in [-0.05, 0) is 24.8 Å². The summed E-state index contributed by atoms with van der Waals surface area (Å²) in [5, 5.41) is 8.98. The molecule has 1 fully saturated rings. The fourth-order valence-electron chi connectivity index (χ4n) is 1.75. The van der Waals surface area contributed by atoms with Crippen LogP contribution >= 0.6 is 11.3 Å². The normalized spacial score (nSPS) is 21.1. The Kier molecular flexibility index (Phi) is 2.69.